The molecule has 2 aromatic heterocycles. The van der Waals surface area contributed by atoms with Gasteiger partial charge in [-0.05, 0) is 20.8 Å². The van der Waals surface area contributed by atoms with Crippen LogP contribution in [0.15, 0.2) is 6.33 Å². The molecule has 0 saturated carbocycles. The van der Waals surface area contributed by atoms with Gasteiger partial charge in [-0.2, -0.15) is 0 Å². The van der Waals surface area contributed by atoms with E-state index in [0.29, 0.717) is 22.8 Å². The fraction of sp³-hybridized carbons (Fsp3) is 0.643. The second-order valence-electron chi connectivity index (χ2n) is 5.93. The van der Waals surface area contributed by atoms with Crippen LogP contribution < -0.4 is 5.32 Å². The normalized spacial score (nSPS) is 28.0. The number of nitrogens with zero attached hydrogens (tertiary/aromatic N) is 4. The number of aromatic nitrogens is 4. The molecule has 2 aromatic rings. The number of imidazole rings is 1. The van der Waals surface area contributed by atoms with E-state index in [9.17, 15) is 9.50 Å². The number of halogens is 1. The molecule has 23 heavy (non-hydrogen) atoms. The van der Waals surface area contributed by atoms with Gasteiger partial charge < -0.3 is 20.3 Å². The van der Waals surface area contributed by atoms with Gasteiger partial charge in [-0.3, -0.25) is 4.57 Å². The van der Waals surface area contributed by atoms with Crippen LogP contribution in [0.5, 0.6) is 0 Å². The van der Waals surface area contributed by atoms with Crippen molar-refractivity contribution in [3.8, 4) is 0 Å². The van der Waals surface area contributed by atoms with Gasteiger partial charge in [-0.25, -0.2) is 19.3 Å². The number of hydrogen-bond donors (Lipinski definition) is 3. The summed E-state index contributed by atoms with van der Waals surface area (Å²) in [4.78, 5) is 12.9. The van der Waals surface area contributed by atoms with Crippen LogP contribution >= 0.6 is 0 Å². The molecule has 0 bridgehead atoms. The summed E-state index contributed by atoms with van der Waals surface area (Å²) in [5, 5.41) is 22.1. The molecule has 0 aliphatic carbocycles. The van der Waals surface area contributed by atoms with Gasteiger partial charge in [0.1, 0.15) is 18.0 Å². The van der Waals surface area contributed by atoms with Crippen LogP contribution in [0.25, 0.3) is 11.2 Å². The van der Waals surface area contributed by atoms with Crippen LogP contribution in [0.1, 0.15) is 25.9 Å². The highest BCUT2D eigenvalue weighted by Gasteiger charge is 2.45. The van der Waals surface area contributed by atoms with E-state index in [2.05, 4.69) is 20.3 Å². The molecule has 3 rings (SSSR count). The van der Waals surface area contributed by atoms with Gasteiger partial charge in [-0.1, -0.05) is 0 Å². The van der Waals surface area contributed by atoms with E-state index in [4.69, 9.17) is 9.84 Å². The average Bonchev–Trinajstić information content (AvgIpc) is 3.01. The highest BCUT2D eigenvalue weighted by Crippen LogP contribution is 2.34. The zero-order valence-corrected chi connectivity index (χ0v) is 13.1. The predicted octanol–water partition coefficient (Wildman–Crippen LogP) is 0.544. The monoisotopic (exact) mass is 325 g/mol. The summed E-state index contributed by atoms with van der Waals surface area (Å²) in [6.45, 7) is 5.22. The first kappa shape index (κ1) is 16.0. The molecule has 4 atom stereocenters. The quantitative estimate of drug-likeness (QED) is 0.753. The number of anilines is 1. The minimum Gasteiger partial charge on any atom is -0.394 e. The van der Waals surface area contributed by atoms with Crippen LogP contribution in [0.2, 0.25) is 0 Å². The Kier molecular flexibility index (Phi) is 4.17. The van der Waals surface area contributed by atoms with Gasteiger partial charge in [0.25, 0.3) is 0 Å². The molecule has 0 radical (unpaired) electrons. The van der Waals surface area contributed by atoms with Crippen LogP contribution in [0, 0.1) is 6.92 Å². The predicted molar refractivity (Wildman–Crippen MR) is 80.7 cm³/mol. The minimum atomic E-state index is -1.68. The summed E-state index contributed by atoms with van der Waals surface area (Å²) in [7, 11) is 0. The first-order chi connectivity index (χ1) is 10.9. The van der Waals surface area contributed by atoms with E-state index < -0.39 is 31.2 Å². The molecule has 126 valence electrons. The van der Waals surface area contributed by atoms with Crippen molar-refractivity contribution in [3.63, 3.8) is 0 Å². The van der Waals surface area contributed by atoms with Gasteiger partial charge in [0, 0.05) is 6.04 Å². The van der Waals surface area contributed by atoms with E-state index in [0.717, 1.165) is 0 Å². The molecule has 3 N–H and O–H groups in total. The Morgan fingerprint density at radius 1 is 1.43 bits per heavy atom. The Labute approximate surface area is 132 Å². The van der Waals surface area contributed by atoms with E-state index >= 15 is 0 Å². The summed E-state index contributed by atoms with van der Waals surface area (Å²) in [6.07, 6.45) is -3.72. The number of ether oxygens (including phenoxy) is 1. The molecule has 0 amide bonds. The largest absolute Gasteiger partial charge is 0.394 e. The van der Waals surface area contributed by atoms with Gasteiger partial charge in [0.15, 0.2) is 29.4 Å². The molecule has 0 unspecified atom stereocenters. The lowest BCUT2D eigenvalue weighted by molar-refractivity contribution is -0.0459. The summed E-state index contributed by atoms with van der Waals surface area (Å²) in [5.41, 5.74) is 0.918. The lowest BCUT2D eigenvalue weighted by Gasteiger charge is -2.16. The maximum absolute atomic E-state index is 14.3. The molecular formula is C14H20FN5O3. The number of rotatable bonds is 4. The second-order valence-corrected chi connectivity index (χ2v) is 5.93. The third-order valence-electron chi connectivity index (χ3n) is 3.71. The Hall–Kier alpha value is -1.84. The summed E-state index contributed by atoms with van der Waals surface area (Å²) in [5.74, 6) is 1.07. The zero-order valence-electron chi connectivity index (χ0n) is 13.1. The standard InChI is InChI=1S/C14H20FN5O3/c1-6(2)17-12-10-13(19-7(3)18-12)20(5-16-10)14-9(15)11(22)8(4-21)23-14/h5-6,8-9,11,14,21-22H,4H2,1-3H3,(H,17,18,19)/t8-,9+,11-,14-/m1/s1. The van der Waals surface area contributed by atoms with E-state index in [1.54, 1.807) is 6.92 Å². The lowest BCUT2D eigenvalue weighted by atomic mass is 10.1. The summed E-state index contributed by atoms with van der Waals surface area (Å²) >= 11 is 0. The highest BCUT2D eigenvalue weighted by atomic mass is 19.1. The Morgan fingerprint density at radius 3 is 2.78 bits per heavy atom. The molecule has 9 heteroatoms. The lowest BCUT2D eigenvalue weighted by Crippen LogP contribution is -2.30. The van der Waals surface area contributed by atoms with Crippen molar-refractivity contribution in [1.82, 2.24) is 19.5 Å². The molecule has 1 saturated heterocycles. The third-order valence-corrected chi connectivity index (χ3v) is 3.71. The van der Waals surface area contributed by atoms with E-state index in [1.807, 2.05) is 13.8 Å². The van der Waals surface area contributed by atoms with Gasteiger partial charge in [-0.15, -0.1) is 0 Å². The number of aliphatic hydroxyl groups is 2. The number of nitrogens with one attached hydrogen (secondary N) is 1. The third kappa shape index (κ3) is 2.75. The van der Waals surface area contributed by atoms with Gasteiger partial charge in [0.05, 0.1) is 12.9 Å². The second kappa shape index (κ2) is 5.99. The molecule has 3 heterocycles. The maximum atomic E-state index is 14.3. The first-order valence-corrected chi connectivity index (χ1v) is 7.48. The minimum absolute atomic E-state index is 0.148. The van der Waals surface area contributed by atoms with Crippen molar-refractivity contribution in [2.24, 2.45) is 0 Å². The van der Waals surface area contributed by atoms with Crippen LogP contribution in [0.4, 0.5) is 10.2 Å². The molecule has 1 aliphatic heterocycles. The van der Waals surface area contributed by atoms with Crippen molar-refractivity contribution in [3.05, 3.63) is 12.2 Å². The zero-order chi connectivity index (χ0) is 16.7. The Bertz CT molecular complexity index is 707. The molecule has 1 aliphatic rings. The average molecular weight is 325 g/mol. The van der Waals surface area contributed by atoms with Crippen LogP contribution in [-0.2, 0) is 4.74 Å². The number of alkyl halides is 1. The Morgan fingerprint density at radius 2 is 2.17 bits per heavy atom. The van der Waals surface area contributed by atoms with E-state index in [-0.39, 0.29) is 6.04 Å². The molecule has 8 nitrogen and oxygen atoms in total. The van der Waals surface area contributed by atoms with Crippen molar-refractivity contribution >= 4 is 17.0 Å². The number of aliphatic hydroxyl groups excluding tert-OH is 2. The van der Waals surface area contributed by atoms with Crippen molar-refractivity contribution in [2.45, 2.75) is 51.4 Å². The van der Waals surface area contributed by atoms with Gasteiger partial charge >= 0.3 is 0 Å². The molecular weight excluding hydrogens is 305 g/mol. The van der Waals surface area contributed by atoms with E-state index in [1.165, 1.54) is 10.9 Å². The Balaban J connectivity index is 2.04. The number of hydrogen-bond acceptors (Lipinski definition) is 7. The number of fused-ring (bicyclic) bond motifs is 1. The van der Waals surface area contributed by atoms with Crippen molar-refractivity contribution in [2.75, 3.05) is 11.9 Å². The van der Waals surface area contributed by atoms with Crippen molar-refractivity contribution in [1.29, 1.82) is 0 Å². The topological polar surface area (TPSA) is 105 Å². The smallest absolute Gasteiger partial charge is 0.173 e. The summed E-state index contributed by atoms with van der Waals surface area (Å²) < 4.78 is 21.2. The fourth-order valence-electron chi connectivity index (χ4n) is 2.66. The molecule has 0 aromatic carbocycles. The maximum Gasteiger partial charge on any atom is 0.173 e. The SMILES string of the molecule is Cc1nc(NC(C)C)c2ncn([C@@H]3O[C@H](CO)[C@@H](O)[C@@H]3F)c2n1. The number of aryl methyl sites for hydroxylation is 1. The first-order valence-electron chi connectivity index (χ1n) is 7.48. The van der Waals surface area contributed by atoms with Gasteiger partial charge in [0.2, 0.25) is 0 Å². The van der Waals surface area contributed by atoms with Crippen molar-refractivity contribution < 1.29 is 19.3 Å². The van der Waals surface area contributed by atoms with Crippen LogP contribution in [-0.4, -0.2) is 60.8 Å². The highest BCUT2D eigenvalue weighted by molar-refractivity contribution is 5.83. The summed E-state index contributed by atoms with van der Waals surface area (Å²) in [6, 6.07) is 0.148. The molecule has 0 spiro atoms. The van der Waals surface area contributed by atoms with Crippen LogP contribution in [0.3, 0.4) is 0 Å². The molecule has 1 fully saturated rings. The fourth-order valence-corrected chi connectivity index (χ4v) is 2.66.